The molecule has 3 aliphatic rings. The molecular formula is C16H24O. The smallest absolute Gasteiger partial charge is 0.0829 e. The molecule has 1 nitrogen and oxygen atoms in total. The van der Waals surface area contributed by atoms with Gasteiger partial charge in [-0.1, -0.05) is 17.2 Å². The van der Waals surface area contributed by atoms with Crippen LogP contribution < -0.4 is 0 Å². The number of allylic oxidation sites excluding steroid dienone is 3. The van der Waals surface area contributed by atoms with Gasteiger partial charge in [0.05, 0.1) is 5.60 Å². The Labute approximate surface area is 105 Å². The fraction of sp³-hybridized carbons (Fsp3) is 0.750. The summed E-state index contributed by atoms with van der Waals surface area (Å²) < 4.78 is 0. The maximum atomic E-state index is 10.4. The summed E-state index contributed by atoms with van der Waals surface area (Å²) >= 11 is 0. The SMILES string of the molecule is CC1=C2CCC3CCCC=C3C2CCC1(C)O. The summed E-state index contributed by atoms with van der Waals surface area (Å²) in [6.45, 7) is 4.15. The zero-order valence-corrected chi connectivity index (χ0v) is 11.1. The first-order valence-corrected chi connectivity index (χ1v) is 7.22. The lowest BCUT2D eigenvalue weighted by molar-refractivity contribution is 0.0705. The lowest BCUT2D eigenvalue weighted by Crippen LogP contribution is -2.37. The molecule has 0 radical (unpaired) electrons. The molecule has 0 heterocycles. The minimum absolute atomic E-state index is 0.534. The highest BCUT2D eigenvalue weighted by atomic mass is 16.3. The van der Waals surface area contributed by atoms with Gasteiger partial charge >= 0.3 is 0 Å². The molecule has 94 valence electrons. The minimum Gasteiger partial charge on any atom is -0.386 e. The molecule has 0 spiro atoms. The molecule has 1 heteroatoms. The Morgan fingerprint density at radius 2 is 2.12 bits per heavy atom. The van der Waals surface area contributed by atoms with Crippen molar-refractivity contribution in [2.45, 2.75) is 64.4 Å². The van der Waals surface area contributed by atoms with Gasteiger partial charge in [0.1, 0.15) is 0 Å². The summed E-state index contributed by atoms with van der Waals surface area (Å²) in [4.78, 5) is 0. The van der Waals surface area contributed by atoms with Gasteiger partial charge in [-0.05, 0) is 70.3 Å². The minimum atomic E-state index is -0.534. The van der Waals surface area contributed by atoms with Crippen molar-refractivity contribution in [2.24, 2.45) is 11.8 Å². The second-order valence-electron chi connectivity index (χ2n) is 6.39. The van der Waals surface area contributed by atoms with E-state index in [-0.39, 0.29) is 0 Å². The first kappa shape index (κ1) is 11.5. The summed E-state index contributed by atoms with van der Waals surface area (Å²) in [6.07, 6.45) is 11.3. The van der Waals surface area contributed by atoms with Gasteiger partial charge in [0.2, 0.25) is 0 Å². The third-order valence-electron chi connectivity index (χ3n) is 5.40. The van der Waals surface area contributed by atoms with Crippen molar-refractivity contribution in [3.63, 3.8) is 0 Å². The predicted octanol–water partition coefficient (Wildman–Crippen LogP) is 3.98. The first-order valence-electron chi connectivity index (χ1n) is 7.22. The Bertz CT molecular complexity index is 386. The van der Waals surface area contributed by atoms with Crippen molar-refractivity contribution in [3.05, 3.63) is 22.8 Å². The molecule has 0 saturated heterocycles. The van der Waals surface area contributed by atoms with Crippen molar-refractivity contribution in [2.75, 3.05) is 0 Å². The van der Waals surface area contributed by atoms with Gasteiger partial charge in [-0.3, -0.25) is 0 Å². The zero-order chi connectivity index (χ0) is 12.0. The Morgan fingerprint density at radius 1 is 1.29 bits per heavy atom. The van der Waals surface area contributed by atoms with E-state index in [1.165, 1.54) is 44.1 Å². The fourth-order valence-corrected chi connectivity index (χ4v) is 4.16. The van der Waals surface area contributed by atoms with E-state index >= 15 is 0 Å². The zero-order valence-electron chi connectivity index (χ0n) is 11.1. The van der Waals surface area contributed by atoms with Crippen molar-refractivity contribution in [1.82, 2.24) is 0 Å². The van der Waals surface area contributed by atoms with E-state index in [9.17, 15) is 5.11 Å². The normalized spacial score (nSPS) is 41.7. The molecule has 17 heavy (non-hydrogen) atoms. The van der Waals surface area contributed by atoms with Crippen LogP contribution >= 0.6 is 0 Å². The van der Waals surface area contributed by atoms with Gasteiger partial charge in [-0.15, -0.1) is 0 Å². The largest absolute Gasteiger partial charge is 0.386 e. The lowest BCUT2D eigenvalue weighted by Gasteiger charge is -2.44. The van der Waals surface area contributed by atoms with Gasteiger partial charge in [0.25, 0.3) is 0 Å². The standard InChI is InChI=1S/C16H24O/c1-11-13-8-7-12-5-3-4-6-14(12)15(13)9-10-16(11,2)17/h6,12,15,17H,3-5,7-10H2,1-2H3. The van der Waals surface area contributed by atoms with E-state index in [0.717, 1.165) is 12.3 Å². The molecule has 3 atom stereocenters. The Morgan fingerprint density at radius 3 is 2.94 bits per heavy atom. The van der Waals surface area contributed by atoms with Crippen LogP contribution in [0.2, 0.25) is 0 Å². The molecule has 0 aromatic rings. The molecule has 0 bridgehead atoms. The molecule has 0 amide bonds. The summed E-state index contributed by atoms with van der Waals surface area (Å²) in [6, 6.07) is 0. The molecular weight excluding hydrogens is 208 g/mol. The molecule has 1 N–H and O–H groups in total. The van der Waals surface area contributed by atoms with Gasteiger partial charge in [0, 0.05) is 5.92 Å². The summed E-state index contributed by atoms with van der Waals surface area (Å²) in [5, 5.41) is 10.4. The summed E-state index contributed by atoms with van der Waals surface area (Å²) in [5.74, 6) is 1.56. The number of aliphatic hydroxyl groups is 1. The van der Waals surface area contributed by atoms with Crippen LogP contribution in [-0.4, -0.2) is 10.7 Å². The van der Waals surface area contributed by atoms with Crippen molar-refractivity contribution in [3.8, 4) is 0 Å². The predicted molar refractivity (Wildman–Crippen MR) is 70.7 cm³/mol. The van der Waals surface area contributed by atoms with Gasteiger partial charge in [-0.25, -0.2) is 0 Å². The van der Waals surface area contributed by atoms with Crippen LogP contribution in [0.4, 0.5) is 0 Å². The fourth-order valence-electron chi connectivity index (χ4n) is 4.16. The second-order valence-corrected chi connectivity index (χ2v) is 6.39. The molecule has 0 aromatic carbocycles. The number of hydrogen-bond donors (Lipinski definition) is 1. The highest BCUT2D eigenvalue weighted by Crippen LogP contribution is 2.50. The van der Waals surface area contributed by atoms with E-state index in [1.807, 2.05) is 6.92 Å². The topological polar surface area (TPSA) is 20.2 Å². The van der Waals surface area contributed by atoms with Crippen LogP contribution in [0.5, 0.6) is 0 Å². The van der Waals surface area contributed by atoms with Crippen LogP contribution in [0, 0.1) is 11.8 Å². The van der Waals surface area contributed by atoms with E-state index in [2.05, 4.69) is 13.0 Å². The quantitative estimate of drug-likeness (QED) is 0.626. The molecule has 3 aliphatic carbocycles. The highest BCUT2D eigenvalue weighted by molar-refractivity contribution is 5.36. The molecule has 3 unspecified atom stereocenters. The maximum Gasteiger partial charge on any atom is 0.0829 e. The number of fused-ring (bicyclic) bond motifs is 3. The third-order valence-corrected chi connectivity index (χ3v) is 5.40. The van der Waals surface area contributed by atoms with Crippen LogP contribution in [0.25, 0.3) is 0 Å². The summed E-state index contributed by atoms with van der Waals surface area (Å²) in [7, 11) is 0. The Balaban J connectivity index is 1.99. The van der Waals surface area contributed by atoms with E-state index in [0.29, 0.717) is 5.92 Å². The van der Waals surface area contributed by atoms with E-state index in [1.54, 1.807) is 11.1 Å². The van der Waals surface area contributed by atoms with Crippen LogP contribution in [0.1, 0.15) is 58.8 Å². The van der Waals surface area contributed by atoms with Crippen LogP contribution in [-0.2, 0) is 0 Å². The van der Waals surface area contributed by atoms with Gasteiger partial charge in [0.15, 0.2) is 0 Å². The molecule has 1 saturated carbocycles. The monoisotopic (exact) mass is 232 g/mol. The molecule has 1 fully saturated rings. The molecule has 0 aromatic heterocycles. The molecule has 0 aliphatic heterocycles. The van der Waals surface area contributed by atoms with Gasteiger partial charge < -0.3 is 5.11 Å². The van der Waals surface area contributed by atoms with Crippen molar-refractivity contribution >= 4 is 0 Å². The third kappa shape index (κ3) is 1.79. The molecule has 3 rings (SSSR count). The van der Waals surface area contributed by atoms with Crippen LogP contribution in [0.3, 0.4) is 0 Å². The van der Waals surface area contributed by atoms with E-state index in [4.69, 9.17) is 0 Å². The van der Waals surface area contributed by atoms with Crippen LogP contribution in [0.15, 0.2) is 22.8 Å². The second kappa shape index (κ2) is 3.98. The van der Waals surface area contributed by atoms with Crippen molar-refractivity contribution < 1.29 is 5.11 Å². The summed E-state index contributed by atoms with van der Waals surface area (Å²) in [5.41, 5.74) is 4.05. The van der Waals surface area contributed by atoms with E-state index < -0.39 is 5.60 Å². The first-order chi connectivity index (χ1) is 8.09. The van der Waals surface area contributed by atoms with Crippen molar-refractivity contribution in [1.29, 1.82) is 0 Å². The Kier molecular flexibility index (Phi) is 2.70. The Hall–Kier alpha value is -0.560. The average Bonchev–Trinajstić information content (AvgIpc) is 2.33. The number of rotatable bonds is 0. The average molecular weight is 232 g/mol. The van der Waals surface area contributed by atoms with Gasteiger partial charge in [-0.2, -0.15) is 0 Å². The number of hydrogen-bond acceptors (Lipinski definition) is 1. The lowest BCUT2D eigenvalue weighted by atomic mass is 9.62. The maximum absolute atomic E-state index is 10.4. The highest BCUT2D eigenvalue weighted by Gasteiger charge is 2.40.